The van der Waals surface area contributed by atoms with Crippen molar-refractivity contribution in [3.8, 4) is 0 Å². The number of Topliss-reactive ketones (excluding diaryl/α,β-unsaturated/α-hetero) is 3. The Morgan fingerprint density at radius 1 is 0.583 bits per heavy atom. The van der Waals surface area contributed by atoms with Crippen LogP contribution >= 0.6 is 0 Å². The second kappa shape index (κ2) is 7.49. The summed E-state index contributed by atoms with van der Waals surface area (Å²) in [4.78, 5) is 37.1. The number of rotatable bonds is 9. The SMILES string of the molecule is CCC(C)(CC(C)(CC(C)(CC(C)(C)C)C(C)=O)C(C)=O)C(C)=O. The van der Waals surface area contributed by atoms with Gasteiger partial charge in [-0.1, -0.05) is 48.5 Å². The van der Waals surface area contributed by atoms with Gasteiger partial charge < -0.3 is 0 Å². The molecule has 0 aromatic carbocycles. The molecule has 0 heterocycles. The molecule has 0 saturated heterocycles. The number of carbonyl (C=O) groups excluding carboxylic acids is 3. The average molecular weight is 339 g/mol. The van der Waals surface area contributed by atoms with Crippen molar-refractivity contribution in [2.75, 3.05) is 0 Å². The molecule has 0 spiro atoms. The van der Waals surface area contributed by atoms with E-state index in [0.29, 0.717) is 19.3 Å². The summed E-state index contributed by atoms with van der Waals surface area (Å²) in [6, 6.07) is 0. The summed E-state index contributed by atoms with van der Waals surface area (Å²) in [6.45, 7) is 19.0. The highest BCUT2D eigenvalue weighted by molar-refractivity contribution is 5.87. The third-order valence-corrected chi connectivity index (χ3v) is 5.81. The molecule has 0 saturated carbocycles. The molecule has 0 N–H and O–H groups in total. The maximum atomic E-state index is 12.5. The van der Waals surface area contributed by atoms with Gasteiger partial charge in [-0.05, 0) is 51.9 Å². The van der Waals surface area contributed by atoms with Crippen molar-refractivity contribution >= 4 is 17.3 Å². The van der Waals surface area contributed by atoms with Crippen LogP contribution in [0.2, 0.25) is 0 Å². The van der Waals surface area contributed by atoms with Crippen LogP contribution < -0.4 is 0 Å². The predicted molar refractivity (Wildman–Crippen MR) is 100.0 cm³/mol. The van der Waals surface area contributed by atoms with Gasteiger partial charge in [0, 0.05) is 16.2 Å². The summed E-state index contributed by atoms with van der Waals surface area (Å²) in [5, 5.41) is 0. The van der Waals surface area contributed by atoms with Crippen LogP contribution in [0, 0.1) is 21.7 Å². The minimum atomic E-state index is -0.678. The number of ketones is 3. The first-order valence-corrected chi connectivity index (χ1v) is 9.04. The molecule has 0 rings (SSSR count). The fraction of sp³-hybridized carbons (Fsp3) is 0.857. The molecule has 24 heavy (non-hydrogen) atoms. The third-order valence-electron chi connectivity index (χ3n) is 5.81. The van der Waals surface area contributed by atoms with Crippen molar-refractivity contribution in [3.63, 3.8) is 0 Å². The lowest BCUT2D eigenvalue weighted by Crippen LogP contribution is -2.43. The first-order chi connectivity index (χ1) is 10.5. The van der Waals surface area contributed by atoms with Crippen LogP contribution in [0.5, 0.6) is 0 Å². The molecule has 0 fully saturated rings. The zero-order valence-electron chi connectivity index (χ0n) is 17.6. The van der Waals surface area contributed by atoms with Gasteiger partial charge >= 0.3 is 0 Å². The van der Waals surface area contributed by atoms with Crippen LogP contribution in [0.3, 0.4) is 0 Å². The third kappa shape index (κ3) is 5.82. The van der Waals surface area contributed by atoms with E-state index in [1.165, 1.54) is 0 Å². The van der Waals surface area contributed by atoms with E-state index in [4.69, 9.17) is 0 Å². The topological polar surface area (TPSA) is 51.2 Å². The molecule has 0 aliphatic carbocycles. The summed E-state index contributed by atoms with van der Waals surface area (Å²) in [6.07, 6.45) is 2.40. The minimum Gasteiger partial charge on any atom is -0.299 e. The summed E-state index contributed by atoms with van der Waals surface area (Å²) in [5.41, 5.74) is -1.78. The fourth-order valence-electron chi connectivity index (χ4n) is 4.01. The molecule has 0 radical (unpaired) electrons. The highest BCUT2D eigenvalue weighted by atomic mass is 16.1. The number of hydrogen-bond acceptors (Lipinski definition) is 3. The Morgan fingerprint density at radius 2 is 0.875 bits per heavy atom. The predicted octanol–water partition coefficient (Wildman–Crippen LogP) is 5.40. The van der Waals surface area contributed by atoms with Gasteiger partial charge in [-0.2, -0.15) is 0 Å². The van der Waals surface area contributed by atoms with E-state index in [1.54, 1.807) is 20.8 Å². The second-order valence-corrected chi connectivity index (χ2v) is 9.80. The number of hydrogen-bond donors (Lipinski definition) is 0. The Morgan fingerprint density at radius 3 is 1.12 bits per heavy atom. The summed E-state index contributed by atoms with van der Waals surface area (Å²) < 4.78 is 0. The Kier molecular flexibility index (Phi) is 7.18. The van der Waals surface area contributed by atoms with E-state index < -0.39 is 16.2 Å². The van der Waals surface area contributed by atoms with Gasteiger partial charge in [-0.25, -0.2) is 0 Å². The molecule has 0 aliphatic heterocycles. The second-order valence-electron chi connectivity index (χ2n) is 9.80. The van der Waals surface area contributed by atoms with Gasteiger partial charge in [0.2, 0.25) is 0 Å². The smallest absolute Gasteiger partial charge is 0.135 e. The Balaban J connectivity index is 5.85. The Bertz CT molecular complexity index is 500. The lowest BCUT2D eigenvalue weighted by Gasteiger charge is -2.43. The molecule has 3 nitrogen and oxygen atoms in total. The van der Waals surface area contributed by atoms with Gasteiger partial charge in [0.05, 0.1) is 0 Å². The normalized spacial score (nSPS) is 19.8. The first-order valence-electron chi connectivity index (χ1n) is 9.04. The van der Waals surface area contributed by atoms with Crippen molar-refractivity contribution in [1.82, 2.24) is 0 Å². The standard InChI is InChI=1S/C21H38O3/c1-11-19(8,15(2)22)13-21(10,17(4)24)14-20(9,16(3)23)12-18(5,6)7/h11-14H2,1-10H3. The van der Waals surface area contributed by atoms with E-state index >= 15 is 0 Å². The minimum absolute atomic E-state index is 0.00719. The molecule has 0 amide bonds. The van der Waals surface area contributed by atoms with E-state index in [0.717, 1.165) is 6.42 Å². The molecule has 0 aromatic rings. The van der Waals surface area contributed by atoms with Crippen LogP contribution in [0.1, 0.15) is 94.9 Å². The Labute approximate surface area is 149 Å². The molecule has 3 atom stereocenters. The molecule has 0 bridgehead atoms. The van der Waals surface area contributed by atoms with Gasteiger partial charge in [-0.3, -0.25) is 14.4 Å². The lowest BCUT2D eigenvalue weighted by molar-refractivity contribution is -0.138. The summed E-state index contributed by atoms with van der Waals surface area (Å²) >= 11 is 0. The van der Waals surface area contributed by atoms with Crippen LogP contribution in [0.4, 0.5) is 0 Å². The molecule has 0 aromatic heterocycles. The van der Waals surface area contributed by atoms with E-state index in [1.807, 2.05) is 27.7 Å². The Hall–Kier alpha value is -0.990. The average Bonchev–Trinajstić information content (AvgIpc) is 2.35. The van der Waals surface area contributed by atoms with E-state index in [-0.39, 0.29) is 22.8 Å². The molecule has 0 aliphatic rings. The fourth-order valence-corrected chi connectivity index (χ4v) is 4.01. The van der Waals surface area contributed by atoms with Crippen molar-refractivity contribution in [1.29, 1.82) is 0 Å². The molecular formula is C21H38O3. The summed E-state index contributed by atoms with van der Waals surface area (Å²) in [7, 11) is 0. The zero-order valence-corrected chi connectivity index (χ0v) is 17.6. The maximum absolute atomic E-state index is 12.5. The molecular weight excluding hydrogens is 300 g/mol. The monoisotopic (exact) mass is 338 g/mol. The van der Waals surface area contributed by atoms with Crippen molar-refractivity contribution in [3.05, 3.63) is 0 Å². The van der Waals surface area contributed by atoms with Crippen LogP contribution in [0.25, 0.3) is 0 Å². The highest BCUT2D eigenvalue weighted by Crippen LogP contribution is 2.48. The summed E-state index contributed by atoms with van der Waals surface area (Å²) in [5.74, 6) is 0.286. The van der Waals surface area contributed by atoms with Crippen LogP contribution in [0.15, 0.2) is 0 Å². The van der Waals surface area contributed by atoms with Crippen LogP contribution in [-0.4, -0.2) is 17.3 Å². The number of carbonyl (C=O) groups is 3. The highest BCUT2D eigenvalue weighted by Gasteiger charge is 2.47. The quantitative estimate of drug-likeness (QED) is 0.565. The largest absolute Gasteiger partial charge is 0.299 e. The van der Waals surface area contributed by atoms with Gasteiger partial charge in [0.15, 0.2) is 0 Å². The van der Waals surface area contributed by atoms with Gasteiger partial charge in [-0.15, -0.1) is 0 Å². The van der Waals surface area contributed by atoms with Gasteiger partial charge in [0.25, 0.3) is 0 Å². The lowest BCUT2D eigenvalue weighted by atomic mass is 9.59. The van der Waals surface area contributed by atoms with Crippen LogP contribution in [-0.2, 0) is 14.4 Å². The van der Waals surface area contributed by atoms with Gasteiger partial charge in [0.1, 0.15) is 17.3 Å². The molecule has 140 valence electrons. The van der Waals surface area contributed by atoms with E-state index in [2.05, 4.69) is 20.8 Å². The van der Waals surface area contributed by atoms with Crippen molar-refractivity contribution < 1.29 is 14.4 Å². The molecule has 3 heteroatoms. The van der Waals surface area contributed by atoms with E-state index in [9.17, 15) is 14.4 Å². The maximum Gasteiger partial charge on any atom is 0.135 e. The first kappa shape index (κ1) is 23.0. The molecule has 3 unspecified atom stereocenters. The zero-order chi connectivity index (χ0) is 19.6. The van der Waals surface area contributed by atoms with Crippen molar-refractivity contribution in [2.45, 2.75) is 94.9 Å². The van der Waals surface area contributed by atoms with Crippen molar-refractivity contribution in [2.24, 2.45) is 21.7 Å².